The molecule has 0 saturated heterocycles. The number of aliphatic hydroxyl groups is 1. The van der Waals surface area contributed by atoms with Crippen LogP contribution in [0.3, 0.4) is 0 Å². The van der Waals surface area contributed by atoms with E-state index in [1.165, 1.54) is 10.6 Å². The van der Waals surface area contributed by atoms with Crippen molar-refractivity contribution in [2.24, 2.45) is 14.1 Å². The van der Waals surface area contributed by atoms with Crippen molar-refractivity contribution in [1.29, 1.82) is 0 Å². The van der Waals surface area contributed by atoms with Crippen LogP contribution in [-0.2, 0) is 20.8 Å². The van der Waals surface area contributed by atoms with Crippen molar-refractivity contribution >= 4 is 44.9 Å². The van der Waals surface area contributed by atoms with Crippen molar-refractivity contribution in [3.8, 4) is 11.3 Å². The maximum absolute atomic E-state index is 14.6. The summed E-state index contributed by atoms with van der Waals surface area (Å²) in [6, 6.07) is 7.98. The smallest absolute Gasteiger partial charge is 0.261 e. The van der Waals surface area contributed by atoms with Crippen LogP contribution in [-0.4, -0.2) is 29.0 Å². The molecule has 0 aliphatic rings. The molecule has 4 aromatic heterocycles. The zero-order valence-electron chi connectivity index (χ0n) is 17.2. The lowest BCUT2D eigenvalue weighted by molar-refractivity contribution is 0.215. The molecule has 5 rings (SSSR count). The van der Waals surface area contributed by atoms with Crippen molar-refractivity contribution in [3.05, 3.63) is 70.1 Å². The van der Waals surface area contributed by atoms with E-state index in [9.17, 15) is 14.3 Å². The second-order valence-corrected chi connectivity index (χ2v) is 7.93. The van der Waals surface area contributed by atoms with E-state index in [1.807, 2.05) is 12.1 Å². The van der Waals surface area contributed by atoms with Gasteiger partial charge in [-0.25, -0.2) is 9.37 Å². The van der Waals surface area contributed by atoms with Crippen LogP contribution in [0, 0.1) is 5.82 Å². The van der Waals surface area contributed by atoms with E-state index < -0.39 is 5.82 Å². The minimum absolute atomic E-state index is 0.185. The van der Waals surface area contributed by atoms with Crippen LogP contribution in [0.1, 0.15) is 0 Å². The lowest BCUT2D eigenvalue weighted by Gasteiger charge is -2.15. The molecule has 162 valence electrons. The number of fused-ring (bicyclic) bond motifs is 2. The first kappa shape index (κ1) is 20.2. The highest BCUT2D eigenvalue weighted by molar-refractivity contribution is 6.30. The molecule has 0 atom stereocenters. The van der Waals surface area contributed by atoms with Gasteiger partial charge in [-0.1, -0.05) is 11.6 Å². The molecular weight excluding hydrogens is 435 g/mol. The Hall–Kier alpha value is -3.69. The summed E-state index contributed by atoms with van der Waals surface area (Å²) in [7, 11) is 3.39. The van der Waals surface area contributed by atoms with Gasteiger partial charge in [0.1, 0.15) is 23.7 Å². The fourth-order valence-corrected chi connectivity index (χ4v) is 3.94. The molecule has 32 heavy (non-hydrogen) atoms. The van der Waals surface area contributed by atoms with E-state index in [0.29, 0.717) is 33.5 Å². The topological polar surface area (TPSA) is 89.9 Å². The molecule has 0 unspecified atom stereocenters. The maximum Gasteiger partial charge on any atom is 0.261 e. The Morgan fingerprint density at radius 3 is 2.72 bits per heavy atom. The molecule has 0 radical (unpaired) electrons. The number of anilines is 2. The zero-order valence-corrected chi connectivity index (χ0v) is 17.9. The molecule has 0 aliphatic heterocycles. The first-order chi connectivity index (χ1) is 15.4. The quantitative estimate of drug-likeness (QED) is 0.433. The van der Waals surface area contributed by atoms with E-state index in [1.54, 1.807) is 54.1 Å². The van der Waals surface area contributed by atoms with Gasteiger partial charge in [-0.15, -0.1) is 0 Å². The number of hydrogen-bond donors (Lipinski definition) is 2. The maximum atomic E-state index is 14.6. The first-order valence-corrected chi connectivity index (χ1v) is 10.1. The fourth-order valence-electron chi connectivity index (χ4n) is 3.78. The molecule has 8 nitrogen and oxygen atoms in total. The van der Waals surface area contributed by atoms with Gasteiger partial charge in [0, 0.05) is 48.7 Å². The Morgan fingerprint density at radius 1 is 1.16 bits per heavy atom. The van der Waals surface area contributed by atoms with Gasteiger partial charge >= 0.3 is 0 Å². The molecule has 5 aromatic rings. The highest BCUT2D eigenvalue weighted by Crippen LogP contribution is 2.35. The molecule has 1 aromatic carbocycles. The van der Waals surface area contributed by atoms with Crippen LogP contribution in [0.25, 0.3) is 33.2 Å². The highest BCUT2D eigenvalue weighted by Gasteiger charge is 2.19. The Bertz CT molecular complexity index is 1570. The van der Waals surface area contributed by atoms with Crippen molar-refractivity contribution in [3.63, 3.8) is 0 Å². The summed E-state index contributed by atoms with van der Waals surface area (Å²) < 4.78 is 19.2. The van der Waals surface area contributed by atoms with Gasteiger partial charge in [0.15, 0.2) is 0 Å². The van der Waals surface area contributed by atoms with E-state index in [-0.39, 0.29) is 23.0 Å². The number of halogens is 2. The monoisotopic (exact) mass is 452 g/mol. The van der Waals surface area contributed by atoms with Crippen molar-refractivity contribution in [2.45, 2.75) is 6.73 Å². The lowest BCUT2D eigenvalue weighted by Crippen LogP contribution is -2.16. The number of aliphatic hydroxyl groups excluding tert-OH is 1. The molecule has 0 bridgehead atoms. The predicted octanol–water partition coefficient (Wildman–Crippen LogP) is 3.77. The number of hydrogen-bond acceptors (Lipinski definition) is 5. The first-order valence-electron chi connectivity index (χ1n) is 9.72. The van der Waals surface area contributed by atoms with Crippen LogP contribution >= 0.6 is 11.6 Å². The predicted molar refractivity (Wildman–Crippen MR) is 122 cm³/mol. The largest absolute Gasteiger partial charge is 0.376 e. The Morgan fingerprint density at radius 2 is 1.97 bits per heavy atom. The average molecular weight is 453 g/mol. The van der Waals surface area contributed by atoms with Gasteiger partial charge in [0.25, 0.3) is 5.56 Å². The minimum atomic E-state index is -0.514. The van der Waals surface area contributed by atoms with Gasteiger partial charge in [-0.05, 0) is 30.3 Å². The van der Waals surface area contributed by atoms with Crippen molar-refractivity contribution < 1.29 is 9.50 Å². The minimum Gasteiger partial charge on any atom is -0.376 e. The SMILES string of the molecule is Cn1cc2c(=O)n(C)cc(-c3nc4c(ccn4CO)cc3Nc3ccc(Cl)cc3F)c2n1. The number of pyridine rings is 2. The number of aromatic nitrogens is 5. The average Bonchev–Trinajstić information content (AvgIpc) is 3.35. The molecule has 4 heterocycles. The summed E-state index contributed by atoms with van der Waals surface area (Å²) in [6.45, 7) is -0.249. The van der Waals surface area contributed by atoms with Crippen LogP contribution in [0.2, 0.25) is 5.02 Å². The summed E-state index contributed by atoms with van der Waals surface area (Å²) in [5, 5.41) is 18.7. The highest BCUT2D eigenvalue weighted by atomic mass is 35.5. The third kappa shape index (κ3) is 3.22. The Kier molecular flexibility index (Phi) is 4.72. The van der Waals surface area contributed by atoms with Crippen LogP contribution < -0.4 is 10.9 Å². The van der Waals surface area contributed by atoms with Gasteiger partial charge in [-0.2, -0.15) is 5.10 Å². The molecule has 0 saturated carbocycles. The van der Waals surface area contributed by atoms with Crippen LogP contribution in [0.5, 0.6) is 0 Å². The molecule has 0 spiro atoms. The number of aryl methyl sites for hydroxylation is 2. The van der Waals surface area contributed by atoms with Gasteiger partial charge in [-0.3, -0.25) is 9.48 Å². The van der Waals surface area contributed by atoms with E-state index in [4.69, 9.17) is 16.6 Å². The summed E-state index contributed by atoms with van der Waals surface area (Å²) in [4.78, 5) is 17.4. The van der Waals surface area contributed by atoms with Gasteiger partial charge < -0.3 is 19.6 Å². The van der Waals surface area contributed by atoms with Crippen LogP contribution in [0.4, 0.5) is 15.8 Å². The van der Waals surface area contributed by atoms with Gasteiger partial charge in [0.2, 0.25) is 0 Å². The standard InChI is InChI=1S/C22H18ClFN6O2/c1-28-9-14(19-15(22(28)32)10-29(2)27-19)20-18(25-17-4-3-13(23)8-16(17)24)7-12-5-6-30(11-31)21(12)26-20/h3-10,25,31H,11H2,1-2H3. The molecular formula is C22H18ClFN6O2. The molecule has 2 N–H and O–H groups in total. The third-order valence-corrected chi connectivity index (χ3v) is 5.54. The fraction of sp³-hybridized carbons (Fsp3) is 0.136. The zero-order chi connectivity index (χ0) is 22.6. The molecule has 0 amide bonds. The third-order valence-electron chi connectivity index (χ3n) is 5.30. The molecule has 0 aliphatic carbocycles. The molecule has 10 heteroatoms. The number of nitrogens with one attached hydrogen (secondary N) is 1. The second-order valence-electron chi connectivity index (χ2n) is 7.50. The Labute approximate surface area is 186 Å². The number of benzene rings is 1. The van der Waals surface area contributed by atoms with E-state index >= 15 is 0 Å². The summed E-state index contributed by atoms with van der Waals surface area (Å²) in [6.07, 6.45) is 5.02. The van der Waals surface area contributed by atoms with Crippen molar-refractivity contribution in [1.82, 2.24) is 23.9 Å². The number of rotatable bonds is 4. The summed E-state index contributed by atoms with van der Waals surface area (Å²) in [5.41, 5.74) is 2.62. The van der Waals surface area contributed by atoms with Gasteiger partial charge in [0.05, 0.1) is 22.5 Å². The summed E-state index contributed by atoms with van der Waals surface area (Å²) in [5.74, 6) is -0.514. The van der Waals surface area contributed by atoms with Crippen LogP contribution in [0.15, 0.2) is 53.7 Å². The second kappa shape index (κ2) is 7.47. The summed E-state index contributed by atoms with van der Waals surface area (Å²) >= 11 is 5.89. The normalized spacial score (nSPS) is 11.5. The van der Waals surface area contributed by atoms with E-state index in [2.05, 4.69) is 10.4 Å². The van der Waals surface area contributed by atoms with E-state index in [0.717, 1.165) is 5.39 Å². The lowest BCUT2D eigenvalue weighted by atomic mass is 10.1. The van der Waals surface area contributed by atoms with Crippen molar-refractivity contribution in [2.75, 3.05) is 5.32 Å². The number of nitrogens with zero attached hydrogens (tertiary/aromatic N) is 5. The Balaban J connectivity index is 1.81. The molecule has 0 fully saturated rings.